The fourth-order valence-electron chi connectivity index (χ4n) is 2.98. The summed E-state index contributed by atoms with van der Waals surface area (Å²) in [6.07, 6.45) is 3.32. The molecule has 3 amide bonds. The minimum atomic E-state index is -0.437. The molecule has 8 heteroatoms. The van der Waals surface area contributed by atoms with E-state index >= 15 is 0 Å². The van der Waals surface area contributed by atoms with Crippen LogP contribution < -0.4 is 16.2 Å². The Bertz CT molecular complexity index is 871. The average molecular weight is 369 g/mol. The molecule has 1 aliphatic rings. The van der Waals surface area contributed by atoms with Crippen molar-refractivity contribution in [1.82, 2.24) is 20.2 Å². The molecule has 0 spiro atoms. The number of benzene rings is 1. The zero-order valence-corrected chi connectivity index (χ0v) is 15.2. The second-order valence-electron chi connectivity index (χ2n) is 6.77. The van der Waals surface area contributed by atoms with E-state index in [1.54, 1.807) is 24.3 Å². The highest BCUT2D eigenvalue weighted by Crippen LogP contribution is 2.19. The number of nitrogens with one attached hydrogen (secondary N) is 3. The summed E-state index contributed by atoms with van der Waals surface area (Å²) < 4.78 is 0. The lowest BCUT2D eigenvalue weighted by Gasteiger charge is -2.30. The molecule has 1 aromatic carbocycles. The zero-order valence-electron chi connectivity index (χ0n) is 15.2. The van der Waals surface area contributed by atoms with E-state index < -0.39 is 6.03 Å². The smallest absolute Gasteiger partial charge is 0.319 e. The number of anilines is 1. The predicted octanol–water partition coefficient (Wildman–Crippen LogP) is 1.96. The molecule has 0 radical (unpaired) electrons. The fourth-order valence-corrected chi connectivity index (χ4v) is 2.98. The van der Waals surface area contributed by atoms with E-state index in [1.165, 1.54) is 12.4 Å². The summed E-state index contributed by atoms with van der Waals surface area (Å²) in [5.74, 6) is 0.638. The van der Waals surface area contributed by atoms with Gasteiger partial charge in [-0.3, -0.25) is 9.59 Å². The number of carbonyl (C=O) groups is 2. The highest BCUT2D eigenvalue weighted by Gasteiger charge is 2.21. The first-order valence-corrected chi connectivity index (χ1v) is 8.99. The van der Waals surface area contributed by atoms with Crippen molar-refractivity contribution in [2.45, 2.75) is 26.3 Å². The minimum absolute atomic E-state index is 0.0151. The largest absolute Gasteiger partial charge is 0.339 e. The van der Waals surface area contributed by atoms with Crippen LogP contribution in [0.15, 0.2) is 41.5 Å². The van der Waals surface area contributed by atoms with Crippen molar-refractivity contribution in [2.24, 2.45) is 5.92 Å². The number of amides is 3. The molecule has 1 aliphatic heterocycles. The van der Waals surface area contributed by atoms with Crippen LogP contribution in [0, 0.1) is 5.92 Å². The molecule has 0 unspecified atom stereocenters. The number of H-pyrrole nitrogens is 1. The van der Waals surface area contributed by atoms with Crippen LogP contribution in [-0.4, -0.2) is 39.9 Å². The Kier molecular flexibility index (Phi) is 5.85. The molecule has 3 rings (SSSR count). The lowest BCUT2D eigenvalue weighted by Crippen LogP contribution is -2.38. The number of hydrogen-bond donors (Lipinski definition) is 3. The van der Waals surface area contributed by atoms with Gasteiger partial charge >= 0.3 is 6.03 Å². The molecule has 142 valence electrons. The number of aromatic nitrogens is 2. The fraction of sp³-hybridized carbons (Fsp3) is 0.368. The average Bonchev–Trinajstić information content (AvgIpc) is 2.67. The van der Waals surface area contributed by atoms with E-state index in [4.69, 9.17) is 0 Å². The van der Waals surface area contributed by atoms with Crippen LogP contribution in [0.25, 0.3) is 0 Å². The van der Waals surface area contributed by atoms with Crippen LogP contribution in [-0.2, 0) is 6.54 Å². The summed E-state index contributed by atoms with van der Waals surface area (Å²) in [6.45, 7) is 3.86. The first-order valence-electron chi connectivity index (χ1n) is 8.99. The lowest BCUT2D eigenvalue weighted by atomic mass is 9.98. The van der Waals surface area contributed by atoms with E-state index in [2.05, 4.69) is 27.5 Å². The van der Waals surface area contributed by atoms with Gasteiger partial charge in [0.1, 0.15) is 0 Å². The number of rotatable bonds is 4. The molecule has 2 heterocycles. The normalized spacial score (nSPS) is 14.6. The van der Waals surface area contributed by atoms with Crippen LogP contribution in [0.2, 0.25) is 0 Å². The Hall–Kier alpha value is -3.16. The molecule has 8 nitrogen and oxygen atoms in total. The molecule has 27 heavy (non-hydrogen) atoms. The van der Waals surface area contributed by atoms with Crippen molar-refractivity contribution in [3.63, 3.8) is 0 Å². The molecule has 1 aromatic heterocycles. The van der Waals surface area contributed by atoms with Gasteiger partial charge in [0.05, 0.1) is 18.6 Å². The Morgan fingerprint density at radius 1 is 1.26 bits per heavy atom. The standard InChI is InChI=1S/C19H23N5O3/c1-13-5-7-24(8-6-13)18(26)14-3-2-4-15(9-14)23-19(27)20-11-16-10-17(25)22-12-21-16/h2-4,9-10,12-13H,5-8,11H2,1H3,(H2,20,23,27)(H,21,22,25). The van der Waals surface area contributed by atoms with Crippen molar-refractivity contribution in [1.29, 1.82) is 0 Å². The van der Waals surface area contributed by atoms with E-state index in [9.17, 15) is 14.4 Å². The Morgan fingerprint density at radius 2 is 2.04 bits per heavy atom. The molecule has 1 saturated heterocycles. The van der Waals surface area contributed by atoms with E-state index in [1.807, 2.05) is 4.90 Å². The highest BCUT2D eigenvalue weighted by atomic mass is 16.2. The van der Waals surface area contributed by atoms with Gasteiger partial charge in [-0.2, -0.15) is 0 Å². The van der Waals surface area contributed by atoms with E-state index in [0.717, 1.165) is 25.9 Å². The number of carbonyl (C=O) groups excluding carboxylic acids is 2. The number of urea groups is 1. The Morgan fingerprint density at radius 3 is 2.78 bits per heavy atom. The van der Waals surface area contributed by atoms with Crippen molar-refractivity contribution in [3.05, 3.63) is 58.3 Å². The number of aromatic amines is 1. The monoisotopic (exact) mass is 369 g/mol. The zero-order chi connectivity index (χ0) is 19.2. The van der Waals surface area contributed by atoms with E-state index in [0.29, 0.717) is 22.9 Å². The lowest BCUT2D eigenvalue weighted by molar-refractivity contribution is 0.0697. The van der Waals surface area contributed by atoms with Gasteiger partial charge < -0.3 is 20.5 Å². The number of hydrogen-bond acceptors (Lipinski definition) is 4. The van der Waals surface area contributed by atoms with E-state index in [-0.39, 0.29) is 18.0 Å². The Balaban J connectivity index is 1.57. The predicted molar refractivity (Wildman–Crippen MR) is 101 cm³/mol. The second-order valence-corrected chi connectivity index (χ2v) is 6.77. The van der Waals surface area contributed by atoms with Crippen molar-refractivity contribution >= 4 is 17.6 Å². The number of likely N-dealkylation sites (tertiary alicyclic amines) is 1. The summed E-state index contributed by atoms with van der Waals surface area (Å²) in [7, 11) is 0. The highest BCUT2D eigenvalue weighted by molar-refractivity contribution is 5.97. The molecule has 0 bridgehead atoms. The molecule has 3 N–H and O–H groups in total. The van der Waals surface area contributed by atoms with Crippen LogP contribution in [0.4, 0.5) is 10.5 Å². The second kappa shape index (κ2) is 8.48. The third kappa shape index (κ3) is 5.16. The van der Waals surface area contributed by atoms with Gasteiger partial charge in [-0.1, -0.05) is 13.0 Å². The first-order chi connectivity index (χ1) is 13.0. The van der Waals surface area contributed by atoms with Crippen molar-refractivity contribution < 1.29 is 9.59 Å². The molecule has 2 aromatic rings. The summed E-state index contributed by atoms with van der Waals surface area (Å²) in [6, 6.07) is 7.77. The summed E-state index contributed by atoms with van der Waals surface area (Å²) in [5.41, 5.74) is 1.26. The summed E-state index contributed by atoms with van der Waals surface area (Å²) in [5, 5.41) is 5.33. The van der Waals surface area contributed by atoms with Crippen LogP contribution >= 0.6 is 0 Å². The maximum atomic E-state index is 12.6. The molecular formula is C19H23N5O3. The van der Waals surface area contributed by atoms with Gasteiger partial charge in [0.2, 0.25) is 0 Å². The first kappa shape index (κ1) is 18.6. The number of piperidine rings is 1. The molecule has 0 atom stereocenters. The quantitative estimate of drug-likeness (QED) is 0.766. The maximum absolute atomic E-state index is 12.6. The van der Waals surface area contributed by atoms with Gasteiger partial charge in [-0.15, -0.1) is 0 Å². The van der Waals surface area contributed by atoms with Gasteiger partial charge in [0.25, 0.3) is 11.5 Å². The third-order valence-corrected chi connectivity index (χ3v) is 4.60. The van der Waals surface area contributed by atoms with Crippen molar-refractivity contribution in [2.75, 3.05) is 18.4 Å². The van der Waals surface area contributed by atoms with Crippen LogP contribution in [0.1, 0.15) is 35.8 Å². The molecule has 0 saturated carbocycles. The van der Waals surface area contributed by atoms with Crippen LogP contribution in [0.3, 0.4) is 0 Å². The summed E-state index contributed by atoms with van der Waals surface area (Å²) >= 11 is 0. The Labute approximate surface area is 157 Å². The van der Waals surface area contributed by atoms with Crippen molar-refractivity contribution in [3.8, 4) is 0 Å². The summed E-state index contributed by atoms with van der Waals surface area (Å²) in [4.78, 5) is 44.2. The third-order valence-electron chi connectivity index (χ3n) is 4.60. The number of nitrogens with zero attached hydrogens (tertiary/aromatic N) is 2. The van der Waals surface area contributed by atoms with Crippen LogP contribution in [0.5, 0.6) is 0 Å². The van der Waals surface area contributed by atoms with Gasteiger partial charge in [-0.25, -0.2) is 9.78 Å². The van der Waals surface area contributed by atoms with Gasteiger partial charge in [0, 0.05) is 30.4 Å². The minimum Gasteiger partial charge on any atom is -0.339 e. The SMILES string of the molecule is CC1CCN(C(=O)c2cccc(NC(=O)NCc3cc(=O)[nH]cn3)c2)CC1. The molecular weight excluding hydrogens is 346 g/mol. The van der Waals surface area contributed by atoms with Gasteiger partial charge in [-0.05, 0) is 37.0 Å². The van der Waals surface area contributed by atoms with Gasteiger partial charge in [0.15, 0.2) is 0 Å². The molecule has 1 fully saturated rings. The molecule has 0 aliphatic carbocycles. The topological polar surface area (TPSA) is 107 Å². The maximum Gasteiger partial charge on any atom is 0.319 e.